The number of hydrogen-bond donors (Lipinski definition) is 0. The van der Waals surface area contributed by atoms with E-state index >= 15 is 0 Å². The van der Waals surface area contributed by atoms with E-state index in [1.165, 1.54) is 12.3 Å². The number of nitriles is 1. The summed E-state index contributed by atoms with van der Waals surface area (Å²) >= 11 is 0. The van der Waals surface area contributed by atoms with E-state index < -0.39 is 0 Å². The summed E-state index contributed by atoms with van der Waals surface area (Å²) in [6, 6.07) is 13.1. The Balaban J connectivity index is 1.92. The van der Waals surface area contributed by atoms with Gasteiger partial charge in [0.1, 0.15) is 17.4 Å². The van der Waals surface area contributed by atoms with E-state index in [2.05, 4.69) is 0 Å². The monoisotopic (exact) mass is 264 g/mol. The highest BCUT2D eigenvalue weighted by Crippen LogP contribution is 2.28. The molecule has 0 N–H and O–H groups in total. The van der Waals surface area contributed by atoms with Crippen LogP contribution in [0.15, 0.2) is 52.7 Å². The third kappa shape index (κ3) is 2.10. The van der Waals surface area contributed by atoms with Crippen LogP contribution in [0.2, 0.25) is 0 Å². The van der Waals surface area contributed by atoms with Gasteiger partial charge in [-0.1, -0.05) is 18.2 Å². The quantitative estimate of drug-likeness (QED) is 0.619. The molecule has 0 saturated heterocycles. The second-order valence-electron chi connectivity index (χ2n) is 4.52. The van der Waals surface area contributed by atoms with Crippen LogP contribution in [-0.2, 0) is 11.2 Å². The van der Waals surface area contributed by atoms with Crippen molar-refractivity contribution in [1.82, 2.24) is 0 Å². The summed E-state index contributed by atoms with van der Waals surface area (Å²) in [6.45, 7) is 0.607. The summed E-state index contributed by atoms with van der Waals surface area (Å²) in [5, 5.41) is 9.20. The molecule has 4 heteroatoms. The lowest BCUT2D eigenvalue weighted by Crippen LogP contribution is -2.29. The Morgan fingerprint density at radius 1 is 1.30 bits per heavy atom. The first-order chi connectivity index (χ1) is 9.79. The fraction of sp³-hybridized carbons (Fsp3) is 0.125. The molecule has 1 aromatic heterocycles. The minimum absolute atomic E-state index is 0.0802. The molecule has 0 fully saturated rings. The lowest BCUT2D eigenvalue weighted by molar-refractivity contribution is -0.114. The van der Waals surface area contributed by atoms with Gasteiger partial charge in [-0.2, -0.15) is 5.26 Å². The summed E-state index contributed by atoms with van der Waals surface area (Å²) in [6.07, 6.45) is 3.81. The maximum absolute atomic E-state index is 12.5. The smallest absolute Gasteiger partial charge is 0.269 e. The van der Waals surface area contributed by atoms with Crippen molar-refractivity contribution in [3.63, 3.8) is 0 Å². The van der Waals surface area contributed by atoms with Crippen LogP contribution in [-0.4, -0.2) is 12.5 Å². The Hall–Kier alpha value is -2.80. The number of benzene rings is 1. The predicted octanol–water partition coefficient (Wildman–Crippen LogP) is 2.78. The number of carbonyl (C=O) groups excluding carboxylic acids is 1. The Kier molecular flexibility index (Phi) is 3.10. The SMILES string of the molecule is N#CC(=Cc1ccco1)C(=O)N1CCc2ccccc21. The van der Waals surface area contributed by atoms with E-state index in [0.717, 1.165) is 17.7 Å². The first-order valence-electron chi connectivity index (χ1n) is 6.34. The standard InChI is InChI=1S/C16H12N2O2/c17-11-13(10-14-5-3-9-20-14)16(19)18-8-7-12-4-1-2-6-15(12)18/h1-6,9-10H,7-8H2. The second-order valence-corrected chi connectivity index (χ2v) is 4.52. The lowest BCUT2D eigenvalue weighted by Gasteiger charge is -2.16. The van der Waals surface area contributed by atoms with Crippen LogP contribution in [0.4, 0.5) is 5.69 Å². The number of carbonyl (C=O) groups is 1. The molecule has 0 unspecified atom stereocenters. The molecule has 0 bridgehead atoms. The van der Waals surface area contributed by atoms with Crippen molar-refractivity contribution in [2.24, 2.45) is 0 Å². The van der Waals surface area contributed by atoms with Crippen LogP contribution in [0.3, 0.4) is 0 Å². The molecule has 1 aliphatic rings. The maximum atomic E-state index is 12.5. The van der Waals surface area contributed by atoms with E-state index in [1.54, 1.807) is 17.0 Å². The zero-order valence-electron chi connectivity index (χ0n) is 10.7. The van der Waals surface area contributed by atoms with E-state index in [4.69, 9.17) is 4.42 Å². The fourth-order valence-electron chi connectivity index (χ4n) is 2.35. The maximum Gasteiger partial charge on any atom is 0.269 e. The van der Waals surface area contributed by atoms with Crippen molar-refractivity contribution >= 4 is 17.7 Å². The number of anilines is 1. The number of hydrogen-bond acceptors (Lipinski definition) is 3. The van der Waals surface area contributed by atoms with E-state index in [0.29, 0.717) is 12.3 Å². The minimum atomic E-state index is -0.283. The van der Waals surface area contributed by atoms with E-state index in [1.807, 2.05) is 30.3 Å². The number of rotatable bonds is 2. The average molecular weight is 264 g/mol. The van der Waals surface area contributed by atoms with Crippen LogP contribution in [0.1, 0.15) is 11.3 Å². The number of furan rings is 1. The zero-order valence-corrected chi connectivity index (χ0v) is 10.7. The van der Waals surface area contributed by atoms with Gasteiger partial charge in [0.2, 0.25) is 0 Å². The summed E-state index contributed by atoms with van der Waals surface area (Å²) in [5.74, 6) is 0.219. The number of amides is 1. The van der Waals surface area contributed by atoms with Crippen LogP contribution in [0, 0.1) is 11.3 Å². The molecule has 98 valence electrons. The van der Waals surface area contributed by atoms with Gasteiger partial charge in [-0.25, -0.2) is 0 Å². The Bertz CT molecular complexity index is 708. The predicted molar refractivity (Wildman–Crippen MR) is 74.8 cm³/mol. The molecular formula is C16H12N2O2. The molecule has 3 rings (SSSR count). The highest BCUT2D eigenvalue weighted by Gasteiger charge is 2.26. The number of para-hydroxylation sites is 1. The molecule has 20 heavy (non-hydrogen) atoms. The molecule has 1 aromatic carbocycles. The molecule has 0 saturated carbocycles. The molecule has 1 amide bonds. The van der Waals surface area contributed by atoms with Gasteiger partial charge in [-0.3, -0.25) is 4.79 Å². The van der Waals surface area contributed by atoms with Crippen LogP contribution < -0.4 is 4.90 Å². The van der Waals surface area contributed by atoms with Crippen LogP contribution in [0.25, 0.3) is 6.08 Å². The Morgan fingerprint density at radius 2 is 2.15 bits per heavy atom. The highest BCUT2D eigenvalue weighted by molar-refractivity contribution is 6.11. The van der Waals surface area contributed by atoms with Gasteiger partial charge in [-0.15, -0.1) is 0 Å². The van der Waals surface area contributed by atoms with Crippen molar-refractivity contribution in [3.8, 4) is 6.07 Å². The molecule has 0 aliphatic carbocycles. The normalized spacial score (nSPS) is 13.9. The average Bonchev–Trinajstić information content (AvgIpc) is 3.13. The van der Waals surface area contributed by atoms with Crippen molar-refractivity contribution in [2.45, 2.75) is 6.42 Å². The summed E-state index contributed by atoms with van der Waals surface area (Å²) in [7, 11) is 0. The minimum Gasteiger partial charge on any atom is -0.465 e. The van der Waals surface area contributed by atoms with Gasteiger partial charge >= 0.3 is 0 Å². The topological polar surface area (TPSA) is 57.2 Å². The summed E-state index contributed by atoms with van der Waals surface area (Å²) in [4.78, 5) is 14.1. The van der Waals surface area contributed by atoms with Gasteiger partial charge < -0.3 is 9.32 Å². The molecular weight excluding hydrogens is 252 g/mol. The third-order valence-corrected chi connectivity index (χ3v) is 3.31. The summed E-state index contributed by atoms with van der Waals surface area (Å²) in [5.41, 5.74) is 2.10. The van der Waals surface area contributed by atoms with E-state index in [-0.39, 0.29) is 11.5 Å². The molecule has 2 heterocycles. The fourth-order valence-corrected chi connectivity index (χ4v) is 2.35. The van der Waals surface area contributed by atoms with Crippen molar-refractivity contribution < 1.29 is 9.21 Å². The third-order valence-electron chi connectivity index (χ3n) is 3.31. The molecule has 2 aromatic rings. The largest absolute Gasteiger partial charge is 0.465 e. The van der Waals surface area contributed by atoms with Gasteiger partial charge in [-0.05, 0) is 30.2 Å². The zero-order chi connectivity index (χ0) is 13.9. The number of fused-ring (bicyclic) bond motifs is 1. The first kappa shape index (κ1) is 12.2. The van der Waals surface area contributed by atoms with Crippen LogP contribution >= 0.6 is 0 Å². The van der Waals surface area contributed by atoms with Crippen molar-refractivity contribution in [1.29, 1.82) is 5.26 Å². The summed E-state index contributed by atoms with van der Waals surface area (Å²) < 4.78 is 5.15. The van der Waals surface area contributed by atoms with Crippen LogP contribution in [0.5, 0.6) is 0 Å². The van der Waals surface area contributed by atoms with Crippen molar-refractivity contribution in [2.75, 3.05) is 11.4 Å². The Labute approximate surface area is 116 Å². The molecule has 0 spiro atoms. The van der Waals surface area contributed by atoms with Gasteiger partial charge in [0.25, 0.3) is 5.91 Å². The molecule has 4 nitrogen and oxygen atoms in total. The van der Waals surface area contributed by atoms with E-state index in [9.17, 15) is 10.1 Å². The highest BCUT2D eigenvalue weighted by atomic mass is 16.3. The first-order valence-corrected chi connectivity index (χ1v) is 6.34. The van der Waals surface area contributed by atoms with Gasteiger partial charge in [0.15, 0.2) is 0 Å². The molecule has 1 aliphatic heterocycles. The Morgan fingerprint density at radius 3 is 2.90 bits per heavy atom. The molecule has 0 atom stereocenters. The second kappa shape index (κ2) is 5.06. The number of nitrogens with zero attached hydrogens (tertiary/aromatic N) is 2. The molecule has 0 radical (unpaired) electrons. The van der Waals surface area contributed by atoms with Gasteiger partial charge in [0, 0.05) is 18.3 Å². The van der Waals surface area contributed by atoms with Crippen molar-refractivity contribution in [3.05, 3.63) is 59.6 Å². The lowest BCUT2D eigenvalue weighted by atomic mass is 10.1. The van der Waals surface area contributed by atoms with Gasteiger partial charge in [0.05, 0.1) is 6.26 Å².